The summed E-state index contributed by atoms with van der Waals surface area (Å²) < 4.78 is 12.5. The van der Waals surface area contributed by atoms with E-state index in [2.05, 4.69) is 40.8 Å². The van der Waals surface area contributed by atoms with E-state index in [1.807, 2.05) is 28.9 Å². The molecule has 8 nitrogen and oxygen atoms in total. The minimum Gasteiger partial charge on any atom is -0.437 e. The van der Waals surface area contributed by atoms with Crippen molar-refractivity contribution in [1.29, 1.82) is 0 Å². The molecule has 10 heteroatoms. The molecule has 152 valence electrons. The predicted molar refractivity (Wildman–Crippen MR) is 115 cm³/mol. The van der Waals surface area contributed by atoms with E-state index in [1.165, 1.54) is 24.4 Å². The summed E-state index contributed by atoms with van der Waals surface area (Å²) in [7, 11) is 0. The SMILES string of the molecule is O=C(CCc1cccnc1Oc1ccc2c(nnn2CC2CC2)c1Br)c1csnn1. The second kappa shape index (κ2) is 8.19. The minimum absolute atomic E-state index is 0.0477. The van der Waals surface area contributed by atoms with Gasteiger partial charge in [-0.05, 0) is 70.8 Å². The average Bonchev–Trinajstić information content (AvgIpc) is 3.24. The molecule has 0 amide bonds. The molecule has 0 N–H and O–H groups in total. The van der Waals surface area contributed by atoms with Gasteiger partial charge >= 0.3 is 0 Å². The summed E-state index contributed by atoms with van der Waals surface area (Å²) in [5, 5.41) is 14.1. The van der Waals surface area contributed by atoms with Gasteiger partial charge < -0.3 is 4.74 Å². The average molecular weight is 485 g/mol. The van der Waals surface area contributed by atoms with Gasteiger partial charge in [-0.2, -0.15) is 0 Å². The van der Waals surface area contributed by atoms with Crippen molar-refractivity contribution in [2.24, 2.45) is 5.92 Å². The highest BCUT2D eigenvalue weighted by atomic mass is 79.9. The highest BCUT2D eigenvalue weighted by Gasteiger charge is 2.24. The first-order valence-electron chi connectivity index (χ1n) is 9.63. The Balaban J connectivity index is 1.36. The van der Waals surface area contributed by atoms with Crippen molar-refractivity contribution in [1.82, 2.24) is 29.6 Å². The third-order valence-corrected chi connectivity index (χ3v) is 6.31. The number of aryl methyl sites for hydroxylation is 1. The lowest BCUT2D eigenvalue weighted by molar-refractivity contribution is 0.0978. The molecular formula is C20H17BrN6O2S. The normalized spacial score (nSPS) is 13.6. The molecule has 0 unspecified atom stereocenters. The first kappa shape index (κ1) is 19.3. The van der Waals surface area contributed by atoms with Crippen LogP contribution in [-0.2, 0) is 13.0 Å². The highest BCUT2D eigenvalue weighted by molar-refractivity contribution is 9.10. The van der Waals surface area contributed by atoms with Crippen molar-refractivity contribution in [3.63, 3.8) is 0 Å². The molecule has 0 aliphatic heterocycles. The molecule has 1 aliphatic carbocycles. The minimum atomic E-state index is -0.0477. The van der Waals surface area contributed by atoms with E-state index in [0.717, 1.165) is 27.6 Å². The quantitative estimate of drug-likeness (QED) is 0.340. The molecule has 4 aromatic rings. The number of fused-ring (bicyclic) bond motifs is 1. The largest absolute Gasteiger partial charge is 0.437 e. The van der Waals surface area contributed by atoms with Gasteiger partial charge in [0.05, 0.1) is 9.99 Å². The molecule has 1 fully saturated rings. The van der Waals surface area contributed by atoms with Crippen molar-refractivity contribution in [3.05, 3.63) is 51.6 Å². The summed E-state index contributed by atoms with van der Waals surface area (Å²) in [6.45, 7) is 0.899. The Bertz CT molecular complexity index is 1210. The molecule has 30 heavy (non-hydrogen) atoms. The van der Waals surface area contributed by atoms with Gasteiger partial charge in [-0.3, -0.25) is 4.79 Å². The third-order valence-electron chi connectivity index (χ3n) is 5.04. The molecule has 5 rings (SSSR count). The fourth-order valence-corrected chi connectivity index (χ4v) is 4.17. The Morgan fingerprint density at radius 1 is 1.27 bits per heavy atom. The maximum Gasteiger partial charge on any atom is 0.222 e. The number of nitrogens with zero attached hydrogens (tertiary/aromatic N) is 6. The highest BCUT2D eigenvalue weighted by Crippen LogP contribution is 2.37. The number of carbonyl (C=O) groups excluding carboxylic acids is 1. The molecule has 3 heterocycles. The summed E-state index contributed by atoms with van der Waals surface area (Å²) in [6.07, 6.45) is 4.99. The van der Waals surface area contributed by atoms with E-state index in [1.54, 1.807) is 11.6 Å². The predicted octanol–water partition coefficient (Wildman–Crippen LogP) is 4.46. The van der Waals surface area contributed by atoms with Gasteiger partial charge in [0, 0.05) is 30.1 Å². The van der Waals surface area contributed by atoms with Crippen LogP contribution in [0.2, 0.25) is 0 Å². The van der Waals surface area contributed by atoms with Crippen molar-refractivity contribution in [2.75, 3.05) is 0 Å². The number of hydrogen-bond donors (Lipinski definition) is 0. The van der Waals surface area contributed by atoms with Gasteiger partial charge in [0.1, 0.15) is 17.0 Å². The maximum absolute atomic E-state index is 12.3. The van der Waals surface area contributed by atoms with Crippen LogP contribution >= 0.6 is 27.5 Å². The first-order valence-corrected chi connectivity index (χ1v) is 11.3. The van der Waals surface area contributed by atoms with E-state index in [4.69, 9.17) is 4.74 Å². The van der Waals surface area contributed by atoms with Gasteiger partial charge in [0.15, 0.2) is 5.78 Å². The number of Topliss-reactive ketones (excluding diaryl/α,β-unsaturated/α-hetero) is 1. The molecule has 1 aromatic carbocycles. The summed E-state index contributed by atoms with van der Waals surface area (Å²) in [5.74, 6) is 1.74. The lowest BCUT2D eigenvalue weighted by Gasteiger charge is -2.11. The fraction of sp³-hybridized carbons (Fsp3) is 0.300. The van der Waals surface area contributed by atoms with Crippen molar-refractivity contribution >= 4 is 44.3 Å². The number of hydrogen-bond acceptors (Lipinski definition) is 8. The van der Waals surface area contributed by atoms with Gasteiger partial charge in [-0.15, -0.1) is 10.2 Å². The first-order chi connectivity index (χ1) is 14.7. The summed E-state index contributed by atoms with van der Waals surface area (Å²) in [6, 6.07) is 7.61. The molecule has 0 saturated heterocycles. The summed E-state index contributed by atoms with van der Waals surface area (Å²) in [5.41, 5.74) is 2.98. The van der Waals surface area contributed by atoms with Crippen LogP contribution in [0.15, 0.2) is 40.3 Å². The van der Waals surface area contributed by atoms with Crippen LogP contribution < -0.4 is 4.74 Å². The van der Waals surface area contributed by atoms with Crippen LogP contribution in [0.4, 0.5) is 0 Å². The lowest BCUT2D eigenvalue weighted by atomic mass is 10.1. The van der Waals surface area contributed by atoms with Crippen LogP contribution in [-0.4, -0.2) is 35.3 Å². The molecule has 1 saturated carbocycles. The fourth-order valence-electron chi connectivity index (χ4n) is 3.22. The number of halogens is 1. The van der Waals surface area contributed by atoms with E-state index < -0.39 is 0 Å². The molecule has 0 spiro atoms. The number of ether oxygens (including phenoxy) is 1. The monoisotopic (exact) mass is 484 g/mol. The van der Waals surface area contributed by atoms with Gasteiger partial charge in [0.2, 0.25) is 5.88 Å². The second-order valence-corrected chi connectivity index (χ2v) is 8.65. The molecule has 0 atom stereocenters. The van der Waals surface area contributed by atoms with Gasteiger partial charge in [-0.25, -0.2) is 9.67 Å². The molecular weight excluding hydrogens is 468 g/mol. The number of ketones is 1. The zero-order valence-corrected chi connectivity index (χ0v) is 18.3. The van der Waals surface area contributed by atoms with E-state index in [-0.39, 0.29) is 5.78 Å². The Kier molecular flexibility index (Phi) is 5.26. The zero-order chi connectivity index (χ0) is 20.5. The standard InChI is InChI=1S/C20H17BrN6O2S/c21-18-17(8-6-15-19(18)24-25-27(15)10-12-3-4-12)29-20-13(2-1-9-22-20)5-7-16(28)14-11-30-26-23-14/h1-2,6,8-9,11-12H,3-5,7,10H2. The van der Waals surface area contributed by atoms with E-state index in [9.17, 15) is 4.79 Å². The van der Waals surface area contributed by atoms with Crippen molar-refractivity contribution in [3.8, 4) is 11.6 Å². The third kappa shape index (κ3) is 3.97. The van der Waals surface area contributed by atoms with Crippen molar-refractivity contribution < 1.29 is 9.53 Å². The van der Waals surface area contributed by atoms with Crippen LogP contribution in [0.5, 0.6) is 11.6 Å². The topological polar surface area (TPSA) is 95.7 Å². The number of pyridine rings is 1. The smallest absolute Gasteiger partial charge is 0.222 e. The second-order valence-electron chi connectivity index (χ2n) is 7.24. The lowest BCUT2D eigenvalue weighted by Crippen LogP contribution is -2.03. The molecule has 3 aromatic heterocycles. The van der Waals surface area contributed by atoms with Gasteiger partial charge in [-0.1, -0.05) is 15.8 Å². The Labute approximate surface area is 184 Å². The molecule has 0 bridgehead atoms. The number of carbonyl (C=O) groups is 1. The van der Waals surface area contributed by atoms with Crippen LogP contribution in [0.25, 0.3) is 11.0 Å². The van der Waals surface area contributed by atoms with Crippen LogP contribution in [0.3, 0.4) is 0 Å². The Morgan fingerprint density at radius 3 is 2.97 bits per heavy atom. The van der Waals surface area contributed by atoms with Gasteiger partial charge in [0.25, 0.3) is 0 Å². The number of rotatable bonds is 8. The Morgan fingerprint density at radius 2 is 2.17 bits per heavy atom. The summed E-state index contributed by atoms with van der Waals surface area (Å²) >= 11 is 4.78. The van der Waals surface area contributed by atoms with Crippen LogP contribution in [0.1, 0.15) is 35.3 Å². The van der Waals surface area contributed by atoms with E-state index in [0.29, 0.717) is 36.1 Å². The van der Waals surface area contributed by atoms with E-state index >= 15 is 0 Å². The van der Waals surface area contributed by atoms with Crippen molar-refractivity contribution in [2.45, 2.75) is 32.2 Å². The molecule has 1 aliphatic rings. The molecule has 0 radical (unpaired) electrons. The number of benzene rings is 1. The zero-order valence-electron chi connectivity index (χ0n) is 15.9. The number of aromatic nitrogens is 6. The maximum atomic E-state index is 12.3. The Hall–Kier alpha value is -2.72. The summed E-state index contributed by atoms with van der Waals surface area (Å²) in [4.78, 5) is 16.6. The van der Waals surface area contributed by atoms with Crippen LogP contribution in [0, 0.1) is 5.92 Å².